The molecule has 102 valence electrons. The van der Waals surface area contributed by atoms with Crippen molar-refractivity contribution in [3.05, 3.63) is 29.8 Å². The zero-order valence-corrected chi connectivity index (χ0v) is 12.0. The number of nitrogens with zero attached hydrogens (tertiary/aromatic N) is 2. The van der Waals surface area contributed by atoms with Gasteiger partial charge in [0.1, 0.15) is 6.04 Å². The lowest BCUT2D eigenvalue weighted by Gasteiger charge is -2.36. The van der Waals surface area contributed by atoms with Crippen LogP contribution in [0.5, 0.6) is 0 Å². The Morgan fingerprint density at radius 3 is 2.63 bits per heavy atom. The van der Waals surface area contributed by atoms with E-state index in [1.165, 1.54) is 11.3 Å². The third-order valence-electron chi connectivity index (χ3n) is 4.23. The van der Waals surface area contributed by atoms with Crippen LogP contribution in [0.15, 0.2) is 24.3 Å². The molecule has 1 aromatic carbocycles. The number of rotatable bonds is 0. The Morgan fingerprint density at radius 1 is 1.16 bits per heavy atom. The summed E-state index contributed by atoms with van der Waals surface area (Å²) in [6, 6.07) is 8.45. The molecule has 1 aromatic rings. The van der Waals surface area contributed by atoms with Gasteiger partial charge in [-0.05, 0) is 38.8 Å². The normalized spacial score (nSPS) is 23.1. The third-order valence-corrected chi connectivity index (χ3v) is 4.23. The Bertz CT molecular complexity index is 504. The highest BCUT2D eigenvalue weighted by atomic mass is 16.2. The number of amides is 1. The van der Waals surface area contributed by atoms with Gasteiger partial charge in [0.15, 0.2) is 0 Å². The molecule has 0 aromatic heterocycles. The Labute approximate surface area is 115 Å². The van der Waals surface area contributed by atoms with Crippen molar-refractivity contribution in [1.29, 1.82) is 0 Å². The van der Waals surface area contributed by atoms with Crippen LogP contribution in [0.3, 0.4) is 0 Å². The van der Waals surface area contributed by atoms with Crippen LogP contribution in [0, 0.1) is 0 Å². The molecule has 3 heteroatoms. The summed E-state index contributed by atoms with van der Waals surface area (Å²) in [6.45, 7) is 8.24. The van der Waals surface area contributed by atoms with Crippen molar-refractivity contribution in [3.63, 3.8) is 0 Å². The summed E-state index contributed by atoms with van der Waals surface area (Å²) in [7, 11) is 0. The molecular formula is C16H22N2O. The van der Waals surface area contributed by atoms with E-state index in [0.717, 1.165) is 25.9 Å². The van der Waals surface area contributed by atoms with E-state index in [1.54, 1.807) is 0 Å². The molecular weight excluding hydrogens is 236 g/mol. The summed E-state index contributed by atoms with van der Waals surface area (Å²) in [5.41, 5.74) is 2.50. The first-order valence-electron chi connectivity index (χ1n) is 7.14. The summed E-state index contributed by atoms with van der Waals surface area (Å²) in [6.07, 6.45) is 1.91. The van der Waals surface area contributed by atoms with E-state index in [-0.39, 0.29) is 11.6 Å². The first kappa shape index (κ1) is 12.5. The average Bonchev–Trinajstić information content (AvgIpc) is 2.63. The van der Waals surface area contributed by atoms with E-state index in [9.17, 15) is 4.79 Å². The van der Waals surface area contributed by atoms with Crippen molar-refractivity contribution >= 4 is 11.6 Å². The molecule has 0 radical (unpaired) electrons. The fourth-order valence-electron chi connectivity index (χ4n) is 3.30. The quantitative estimate of drug-likeness (QED) is 0.713. The minimum Gasteiger partial charge on any atom is -0.359 e. The first-order valence-corrected chi connectivity index (χ1v) is 7.14. The standard InChI is InChI=1S/C16H22N2O/c1-16(2,3)18-10-6-9-17-13-8-5-4-7-12(13)11-14(17)15(18)19/h4-5,7-8,14H,6,9-11H2,1-3H3. The number of fused-ring (bicyclic) bond motifs is 3. The van der Waals surface area contributed by atoms with E-state index in [1.807, 2.05) is 0 Å². The highest BCUT2D eigenvalue weighted by molar-refractivity contribution is 5.89. The molecule has 2 heterocycles. The molecule has 1 saturated heterocycles. The number of carbonyl (C=O) groups is 1. The second kappa shape index (κ2) is 4.26. The molecule has 3 nitrogen and oxygen atoms in total. The van der Waals surface area contributed by atoms with Crippen LogP contribution >= 0.6 is 0 Å². The van der Waals surface area contributed by atoms with Crippen molar-refractivity contribution in [2.75, 3.05) is 18.0 Å². The van der Waals surface area contributed by atoms with Crippen LogP contribution in [0.4, 0.5) is 5.69 Å². The Balaban J connectivity index is 1.94. The SMILES string of the molecule is CC(C)(C)N1CCCN2c3ccccc3CC2C1=O. The van der Waals surface area contributed by atoms with Gasteiger partial charge in [-0.15, -0.1) is 0 Å². The second-order valence-electron chi connectivity index (χ2n) is 6.56. The van der Waals surface area contributed by atoms with Gasteiger partial charge < -0.3 is 9.80 Å². The fraction of sp³-hybridized carbons (Fsp3) is 0.562. The lowest BCUT2D eigenvalue weighted by Crippen LogP contribution is -2.51. The van der Waals surface area contributed by atoms with Crippen LogP contribution in [0.25, 0.3) is 0 Å². The lowest BCUT2D eigenvalue weighted by molar-refractivity contribution is -0.136. The second-order valence-corrected chi connectivity index (χ2v) is 6.56. The van der Waals surface area contributed by atoms with Crippen molar-refractivity contribution in [3.8, 4) is 0 Å². The minimum atomic E-state index is -0.0815. The average molecular weight is 258 g/mol. The van der Waals surface area contributed by atoms with Gasteiger partial charge in [-0.1, -0.05) is 18.2 Å². The molecule has 1 amide bonds. The van der Waals surface area contributed by atoms with E-state index < -0.39 is 0 Å². The molecule has 19 heavy (non-hydrogen) atoms. The van der Waals surface area contributed by atoms with Gasteiger partial charge in [0.2, 0.25) is 5.91 Å². The van der Waals surface area contributed by atoms with Crippen LogP contribution in [-0.4, -0.2) is 35.5 Å². The van der Waals surface area contributed by atoms with Gasteiger partial charge in [0, 0.05) is 30.7 Å². The molecule has 1 atom stereocenters. The van der Waals surface area contributed by atoms with E-state index in [2.05, 4.69) is 54.8 Å². The Hall–Kier alpha value is -1.51. The van der Waals surface area contributed by atoms with Crippen LogP contribution in [-0.2, 0) is 11.2 Å². The van der Waals surface area contributed by atoms with Gasteiger partial charge in [0.05, 0.1) is 0 Å². The lowest BCUT2D eigenvalue weighted by atomic mass is 10.0. The van der Waals surface area contributed by atoms with Crippen LogP contribution in [0.1, 0.15) is 32.8 Å². The van der Waals surface area contributed by atoms with Crippen molar-refractivity contribution in [2.45, 2.75) is 45.2 Å². The zero-order chi connectivity index (χ0) is 13.6. The number of benzene rings is 1. The predicted octanol–water partition coefficient (Wildman–Crippen LogP) is 2.45. The van der Waals surface area contributed by atoms with E-state index in [4.69, 9.17) is 0 Å². The number of hydrogen-bond donors (Lipinski definition) is 0. The van der Waals surface area contributed by atoms with Gasteiger partial charge in [-0.2, -0.15) is 0 Å². The van der Waals surface area contributed by atoms with Crippen molar-refractivity contribution < 1.29 is 4.79 Å². The largest absolute Gasteiger partial charge is 0.359 e. The van der Waals surface area contributed by atoms with Crippen molar-refractivity contribution in [1.82, 2.24) is 4.90 Å². The smallest absolute Gasteiger partial charge is 0.246 e. The molecule has 2 aliphatic rings. The highest BCUT2D eigenvalue weighted by Crippen LogP contribution is 2.35. The maximum atomic E-state index is 12.8. The van der Waals surface area contributed by atoms with Gasteiger partial charge in [-0.3, -0.25) is 4.79 Å². The number of para-hydroxylation sites is 1. The predicted molar refractivity (Wildman–Crippen MR) is 77.4 cm³/mol. The summed E-state index contributed by atoms with van der Waals surface area (Å²) in [5.74, 6) is 0.293. The molecule has 1 unspecified atom stereocenters. The zero-order valence-electron chi connectivity index (χ0n) is 12.0. The Morgan fingerprint density at radius 2 is 1.89 bits per heavy atom. The molecule has 0 bridgehead atoms. The molecule has 1 fully saturated rings. The first-order chi connectivity index (χ1) is 8.98. The Kier molecular flexibility index (Phi) is 2.80. The molecule has 2 aliphatic heterocycles. The molecule has 0 spiro atoms. The maximum Gasteiger partial charge on any atom is 0.246 e. The van der Waals surface area contributed by atoms with Crippen LogP contribution in [0.2, 0.25) is 0 Å². The molecule has 3 rings (SSSR count). The summed E-state index contributed by atoms with van der Waals surface area (Å²) in [5, 5.41) is 0. The highest BCUT2D eigenvalue weighted by Gasteiger charge is 2.41. The minimum absolute atomic E-state index is 0.0131. The number of carbonyl (C=O) groups excluding carboxylic acids is 1. The molecule has 0 saturated carbocycles. The van der Waals surface area contributed by atoms with Gasteiger partial charge in [0.25, 0.3) is 0 Å². The van der Waals surface area contributed by atoms with Crippen molar-refractivity contribution in [2.24, 2.45) is 0 Å². The summed E-state index contributed by atoms with van der Waals surface area (Å²) in [4.78, 5) is 17.2. The van der Waals surface area contributed by atoms with Crippen LogP contribution < -0.4 is 4.90 Å². The molecule has 0 aliphatic carbocycles. The molecule has 0 N–H and O–H groups in total. The monoisotopic (exact) mass is 258 g/mol. The van der Waals surface area contributed by atoms with E-state index >= 15 is 0 Å². The van der Waals surface area contributed by atoms with Gasteiger partial charge >= 0.3 is 0 Å². The number of anilines is 1. The van der Waals surface area contributed by atoms with Gasteiger partial charge in [-0.25, -0.2) is 0 Å². The van der Waals surface area contributed by atoms with E-state index in [0.29, 0.717) is 5.91 Å². The maximum absolute atomic E-state index is 12.8. The third kappa shape index (κ3) is 2.01. The topological polar surface area (TPSA) is 23.6 Å². The number of hydrogen-bond acceptors (Lipinski definition) is 2. The summed E-state index contributed by atoms with van der Waals surface area (Å²) < 4.78 is 0. The fourth-order valence-corrected chi connectivity index (χ4v) is 3.30. The summed E-state index contributed by atoms with van der Waals surface area (Å²) >= 11 is 0.